The number of nitrogens with two attached hydrogens (primary N) is 1. The summed E-state index contributed by atoms with van der Waals surface area (Å²) >= 11 is 0. The first kappa shape index (κ1) is 12.1. The Bertz CT molecular complexity index is 570. The molecule has 1 aromatic carbocycles. The number of fused-ring (bicyclic) bond motifs is 1. The highest BCUT2D eigenvalue weighted by Gasteiger charge is 2.30. The molecular formula is C13H15N3O3. The highest BCUT2D eigenvalue weighted by molar-refractivity contribution is 5.42. The Kier molecular flexibility index (Phi) is 3.18. The van der Waals surface area contributed by atoms with Gasteiger partial charge in [0.05, 0.1) is 5.92 Å². The minimum atomic E-state index is -0.802. The van der Waals surface area contributed by atoms with E-state index in [1.807, 2.05) is 24.3 Å². The van der Waals surface area contributed by atoms with Gasteiger partial charge in [0.25, 0.3) is 5.89 Å². The number of aromatic nitrogens is 2. The molecule has 2 unspecified atom stereocenters. The molecule has 3 rings (SSSR count). The number of ether oxygens (including phenoxy) is 1. The maximum Gasteiger partial charge on any atom is 0.255 e. The number of nitrogens with zero attached hydrogens (tertiary/aromatic N) is 2. The lowest BCUT2D eigenvalue weighted by atomic mass is 10.0. The van der Waals surface area contributed by atoms with Crippen LogP contribution < -0.4 is 10.5 Å². The smallest absolute Gasteiger partial charge is 0.255 e. The Morgan fingerprint density at radius 2 is 2.26 bits per heavy atom. The number of aliphatic hydroxyl groups excluding tert-OH is 1. The predicted octanol–water partition coefficient (Wildman–Crippen LogP) is 0.976. The van der Waals surface area contributed by atoms with Gasteiger partial charge in [-0.3, -0.25) is 0 Å². The molecule has 0 amide bonds. The molecule has 2 atom stereocenters. The van der Waals surface area contributed by atoms with Crippen LogP contribution in [0.2, 0.25) is 0 Å². The van der Waals surface area contributed by atoms with E-state index in [2.05, 4.69) is 10.1 Å². The molecule has 2 heterocycles. The molecule has 19 heavy (non-hydrogen) atoms. The summed E-state index contributed by atoms with van der Waals surface area (Å²) in [5, 5.41) is 13.7. The number of benzene rings is 1. The fraction of sp³-hybridized carbons (Fsp3) is 0.385. The van der Waals surface area contributed by atoms with Gasteiger partial charge in [-0.05, 0) is 19.0 Å². The van der Waals surface area contributed by atoms with Crippen molar-refractivity contribution in [2.45, 2.75) is 18.4 Å². The van der Waals surface area contributed by atoms with E-state index in [4.69, 9.17) is 15.0 Å². The second kappa shape index (κ2) is 4.99. The van der Waals surface area contributed by atoms with E-state index in [0.717, 1.165) is 11.3 Å². The Morgan fingerprint density at radius 3 is 3.11 bits per heavy atom. The van der Waals surface area contributed by atoms with Crippen LogP contribution in [0, 0.1) is 0 Å². The lowest BCUT2D eigenvalue weighted by Crippen LogP contribution is -2.08. The van der Waals surface area contributed by atoms with Crippen molar-refractivity contribution in [3.05, 3.63) is 41.5 Å². The zero-order valence-corrected chi connectivity index (χ0v) is 10.3. The number of aliphatic hydroxyl groups is 1. The molecule has 100 valence electrons. The summed E-state index contributed by atoms with van der Waals surface area (Å²) in [7, 11) is 0. The summed E-state index contributed by atoms with van der Waals surface area (Å²) in [6, 6.07) is 7.78. The quantitative estimate of drug-likeness (QED) is 0.851. The van der Waals surface area contributed by atoms with Crippen LogP contribution >= 0.6 is 0 Å². The standard InChI is InChI=1S/C13H15N3O3/c14-6-5-10(17)13-15-12(16-19-13)9-7-18-11-4-2-1-3-8(9)11/h1-4,9-10,17H,5-7,14H2. The van der Waals surface area contributed by atoms with Crippen LogP contribution in [0.1, 0.15) is 35.7 Å². The largest absolute Gasteiger partial charge is 0.492 e. The van der Waals surface area contributed by atoms with Crippen molar-refractivity contribution in [1.82, 2.24) is 10.1 Å². The van der Waals surface area contributed by atoms with Crippen LogP contribution in [0.5, 0.6) is 5.75 Å². The average molecular weight is 261 g/mol. The summed E-state index contributed by atoms with van der Waals surface area (Å²) in [6.45, 7) is 0.861. The third-order valence-corrected chi connectivity index (χ3v) is 3.19. The summed E-state index contributed by atoms with van der Waals surface area (Å²) in [6.07, 6.45) is -0.400. The summed E-state index contributed by atoms with van der Waals surface area (Å²) in [4.78, 5) is 4.25. The Balaban J connectivity index is 1.85. The lowest BCUT2D eigenvalue weighted by molar-refractivity contribution is 0.127. The Labute approximate surface area is 110 Å². The minimum absolute atomic E-state index is 0.0428. The third kappa shape index (κ3) is 2.20. The van der Waals surface area contributed by atoms with Crippen LogP contribution in [-0.4, -0.2) is 28.4 Å². The van der Waals surface area contributed by atoms with Gasteiger partial charge in [0.2, 0.25) is 0 Å². The van der Waals surface area contributed by atoms with Crippen molar-refractivity contribution >= 4 is 0 Å². The first-order valence-corrected chi connectivity index (χ1v) is 6.23. The van der Waals surface area contributed by atoms with Crippen molar-refractivity contribution in [3.63, 3.8) is 0 Å². The van der Waals surface area contributed by atoms with E-state index in [1.165, 1.54) is 0 Å². The van der Waals surface area contributed by atoms with Crippen molar-refractivity contribution in [3.8, 4) is 5.75 Å². The zero-order valence-electron chi connectivity index (χ0n) is 10.3. The fourth-order valence-corrected chi connectivity index (χ4v) is 2.18. The minimum Gasteiger partial charge on any atom is -0.492 e. The number of rotatable bonds is 4. The molecule has 1 aliphatic heterocycles. The van der Waals surface area contributed by atoms with Gasteiger partial charge in [-0.15, -0.1) is 0 Å². The van der Waals surface area contributed by atoms with E-state index in [0.29, 0.717) is 25.4 Å². The van der Waals surface area contributed by atoms with Gasteiger partial charge in [0.1, 0.15) is 18.5 Å². The molecule has 1 aliphatic rings. The molecular weight excluding hydrogens is 246 g/mol. The number of hydrogen-bond donors (Lipinski definition) is 2. The van der Waals surface area contributed by atoms with E-state index < -0.39 is 6.10 Å². The van der Waals surface area contributed by atoms with Gasteiger partial charge in [-0.25, -0.2) is 0 Å². The third-order valence-electron chi connectivity index (χ3n) is 3.19. The number of para-hydroxylation sites is 1. The maximum absolute atomic E-state index is 9.76. The van der Waals surface area contributed by atoms with Gasteiger partial charge in [0, 0.05) is 5.56 Å². The van der Waals surface area contributed by atoms with Crippen LogP contribution in [0.4, 0.5) is 0 Å². The number of hydrogen-bond acceptors (Lipinski definition) is 6. The molecule has 0 saturated heterocycles. The lowest BCUT2D eigenvalue weighted by Gasteiger charge is -2.03. The first-order chi connectivity index (χ1) is 9.29. The van der Waals surface area contributed by atoms with Crippen molar-refractivity contribution in [2.24, 2.45) is 5.73 Å². The molecule has 0 saturated carbocycles. The highest BCUT2D eigenvalue weighted by Crippen LogP contribution is 2.36. The predicted molar refractivity (Wildman–Crippen MR) is 66.7 cm³/mol. The van der Waals surface area contributed by atoms with Crippen LogP contribution in [0.3, 0.4) is 0 Å². The van der Waals surface area contributed by atoms with E-state index in [1.54, 1.807) is 0 Å². The zero-order chi connectivity index (χ0) is 13.2. The van der Waals surface area contributed by atoms with Crippen LogP contribution in [-0.2, 0) is 0 Å². The monoisotopic (exact) mass is 261 g/mol. The topological polar surface area (TPSA) is 94.4 Å². The molecule has 6 heteroatoms. The second-order valence-corrected chi connectivity index (χ2v) is 4.49. The normalized spacial score (nSPS) is 18.9. The van der Waals surface area contributed by atoms with Crippen LogP contribution in [0.15, 0.2) is 28.8 Å². The maximum atomic E-state index is 9.76. The van der Waals surface area contributed by atoms with Gasteiger partial charge < -0.3 is 20.1 Å². The average Bonchev–Trinajstić information content (AvgIpc) is 3.05. The summed E-state index contributed by atoms with van der Waals surface area (Å²) in [5.74, 6) is 1.56. The fourth-order valence-electron chi connectivity index (χ4n) is 2.18. The second-order valence-electron chi connectivity index (χ2n) is 4.49. The van der Waals surface area contributed by atoms with Crippen molar-refractivity contribution in [1.29, 1.82) is 0 Å². The molecule has 0 fully saturated rings. The summed E-state index contributed by atoms with van der Waals surface area (Å²) in [5.41, 5.74) is 6.43. The van der Waals surface area contributed by atoms with Crippen molar-refractivity contribution < 1.29 is 14.4 Å². The van der Waals surface area contributed by atoms with Gasteiger partial charge in [0.15, 0.2) is 5.82 Å². The molecule has 3 N–H and O–H groups in total. The molecule has 0 spiro atoms. The molecule has 1 aromatic heterocycles. The van der Waals surface area contributed by atoms with E-state index >= 15 is 0 Å². The van der Waals surface area contributed by atoms with Crippen molar-refractivity contribution in [2.75, 3.05) is 13.2 Å². The van der Waals surface area contributed by atoms with Gasteiger partial charge >= 0.3 is 0 Å². The van der Waals surface area contributed by atoms with Gasteiger partial charge in [-0.1, -0.05) is 23.4 Å². The summed E-state index contributed by atoms with van der Waals surface area (Å²) < 4.78 is 10.7. The van der Waals surface area contributed by atoms with Gasteiger partial charge in [-0.2, -0.15) is 4.98 Å². The first-order valence-electron chi connectivity index (χ1n) is 6.23. The molecule has 0 radical (unpaired) electrons. The molecule has 6 nitrogen and oxygen atoms in total. The molecule has 0 bridgehead atoms. The van der Waals surface area contributed by atoms with E-state index in [-0.39, 0.29) is 11.8 Å². The SMILES string of the molecule is NCCC(O)c1nc(C2COc3ccccc32)no1. The Hall–Kier alpha value is -1.92. The Morgan fingerprint density at radius 1 is 1.42 bits per heavy atom. The highest BCUT2D eigenvalue weighted by atomic mass is 16.5. The van der Waals surface area contributed by atoms with Crippen LogP contribution in [0.25, 0.3) is 0 Å². The molecule has 0 aliphatic carbocycles. The van der Waals surface area contributed by atoms with E-state index in [9.17, 15) is 5.11 Å². The molecule has 2 aromatic rings.